The van der Waals surface area contributed by atoms with Crippen molar-refractivity contribution in [3.63, 3.8) is 0 Å². The molecular weight excluding hydrogens is 310 g/mol. The summed E-state index contributed by atoms with van der Waals surface area (Å²) in [6.07, 6.45) is -0.568. The van der Waals surface area contributed by atoms with Crippen molar-refractivity contribution in [2.45, 2.75) is 59.5 Å². The minimum absolute atomic E-state index is 0.128. The van der Waals surface area contributed by atoms with Crippen LogP contribution < -0.4 is 10.1 Å². The summed E-state index contributed by atoms with van der Waals surface area (Å²) in [5, 5.41) is 3.11. The Hall–Kier alpha value is -2.29. The summed E-state index contributed by atoms with van der Waals surface area (Å²) in [5.74, 6) is 1.25. The molecule has 2 aromatic rings. The smallest absolute Gasteiger partial charge is 0.265 e. The van der Waals surface area contributed by atoms with Gasteiger partial charge in [0.05, 0.1) is 0 Å². The van der Waals surface area contributed by atoms with Crippen LogP contribution in [-0.4, -0.2) is 12.0 Å². The van der Waals surface area contributed by atoms with Gasteiger partial charge in [-0.15, -0.1) is 0 Å². The Kier molecular flexibility index (Phi) is 6.24. The number of carbonyl (C=O) groups is 1. The monoisotopic (exact) mass is 339 g/mol. The minimum atomic E-state index is -0.568. The number of rotatable bonds is 6. The van der Waals surface area contributed by atoms with Crippen LogP contribution in [0.2, 0.25) is 0 Å². The first-order valence-electron chi connectivity index (χ1n) is 8.96. The van der Waals surface area contributed by atoms with Gasteiger partial charge in [-0.3, -0.25) is 4.79 Å². The lowest BCUT2D eigenvalue weighted by molar-refractivity contribution is -0.122. The topological polar surface area (TPSA) is 38.3 Å². The van der Waals surface area contributed by atoms with Crippen molar-refractivity contribution in [2.75, 3.05) is 5.32 Å². The lowest BCUT2D eigenvalue weighted by Gasteiger charge is -2.22. The van der Waals surface area contributed by atoms with E-state index in [-0.39, 0.29) is 5.91 Å². The molecule has 0 saturated carbocycles. The summed E-state index contributed by atoms with van der Waals surface area (Å²) in [7, 11) is 0. The van der Waals surface area contributed by atoms with Gasteiger partial charge in [-0.25, -0.2) is 0 Å². The largest absolute Gasteiger partial charge is 0.481 e. The van der Waals surface area contributed by atoms with Crippen molar-refractivity contribution >= 4 is 11.6 Å². The predicted molar refractivity (Wildman–Crippen MR) is 105 cm³/mol. The number of amides is 1. The molecule has 0 spiro atoms. The molecule has 25 heavy (non-hydrogen) atoms. The van der Waals surface area contributed by atoms with Crippen molar-refractivity contribution in [2.24, 2.45) is 0 Å². The Labute approximate surface area is 151 Å². The molecule has 3 heteroatoms. The average Bonchev–Trinajstić information content (AvgIpc) is 2.54. The molecule has 2 aromatic carbocycles. The summed E-state index contributed by atoms with van der Waals surface area (Å²) >= 11 is 0. The highest BCUT2D eigenvalue weighted by Crippen LogP contribution is 2.32. The first kappa shape index (κ1) is 19.0. The highest BCUT2D eigenvalue weighted by atomic mass is 16.5. The molecule has 1 atom stereocenters. The Morgan fingerprint density at radius 3 is 2.00 bits per heavy atom. The van der Waals surface area contributed by atoms with Crippen LogP contribution in [0.5, 0.6) is 5.75 Å². The molecule has 0 aliphatic carbocycles. The van der Waals surface area contributed by atoms with Crippen LogP contribution in [0, 0.1) is 6.92 Å². The SMILES string of the molecule is Cc1cccc(O[C@@H](C)C(=O)Nc2c(C(C)C)cccc2C(C)C)c1. The van der Waals surface area contributed by atoms with Gasteiger partial charge < -0.3 is 10.1 Å². The van der Waals surface area contributed by atoms with Gasteiger partial charge in [0.25, 0.3) is 5.91 Å². The maximum atomic E-state index is 12.7. The van der Waals surface area contributed by atoms with Crippen LogP contribution >= 0.6 is 0 Å². The number of aryl methyl sites for hydroxylation is 1. The number of ether oxygens (including phenoxy) is 1. The van der Waals surface area contributed by atoms with Crippen molar-refractivity contribution < 1.29 is 9.53 Å². The molecule has 0 unspecified atom stereocenters. The van der Waals surface area contributed by atoms with Gasteiger partial charge in [0, 0.05) is 5.69 Å². The average molecular weight is 339 g/mol. The zero-order chi connectivity index (χ0) is 18.6. The summed E-state index contributed by atoms with van der Waals surface area (Å²) in [5.41, 5.74) is 4.35. The number of hydrogen-bond acceptors (Lipinski definition) is 2. The van der Waals surface area contributed by atoms with Crippen molar-refractivity contribution in [3.05, 3.63) is 59.2 Å². The molecule has 0 aliphatic rings. The summed E-state index contributed by atoms with van der Waals surface area (Å²) in [6.45, 7) is 12.4. The van der Waals surface area contributed by atoms with E-state index in [0.29, 0.717) is 17.6 Å². The van der Waals surface area contributed by atoms with Crippen LogP contribution in [0.15, 0.2) is 42.5 Å². The Balaban J connectivity index is 2.21. The van der Waals surface area contributed by atoms with Crippen molar-refractivity contribution in [3.8, 4) is 5.75 Å². The first-order chi connectivity index (χ1) is 11.8. The zero-order valence-corrected chi connectivity index (χ0v) is 16.1. The van der Waals surface area contributed by atoms with Crippen LogP contribution in [0.4, 0.5) is 5.69 Å². The fraction of sp³-hybridized carbons (Fsp3) is 0.409. The van der Waals surface area contributed by atoms with Gasteiger partial charge in [-0.1, -0.05) is 58.0 Å². The van der Waals surface area contributed by atoms with Crippen LogP contribution in [0.25, 0.3) is 0 Å². The molecular formula is C22H29NO2. The number of carbonyl (C=O) groups excluding carboxylic acids is 1. The van der Waals surface area contributed by atoms with Crippen LogP contribution in [0.1, 0.15) is 63.1 Å². The zero-order valence-electron chi connectivity index (χ0n) is 16.1. The molecule has 0 radical (unpaired) electrons. The van der Waals surface area contributed by atoms with E-state index >= 15 is 0 Å². The summed E-state index contributed by atoms with van der Waals surface area (Å²) in [6, 6.07) is 14.0. The molecule has 3 nitrogen and oxygen atoms in total. The number of anilines is 1. The third kappa shape index (κ3) is 4.85. The normalized spacial score (nSPS) is 12.3. The number of hydrogen-bond donors (Lipinski definition) is 1. The Morgan fingerprint density at radius 1 is 0.920 bits per heavy atom. The number of para-hydroxylation sites is 1. The van der Waals surface area contributed by atoms with E-state index in [1.54, 1.807) is 6.92 Å². The van der Waals surface area contributed by atoms with Crippen molar-refractivity contribution in [1.29, 1.82) is 0 Å². The molecule has 1 N–H and O–H groups in total. The third-order valence-corrected chi connectivity index (χ3v) is 4.29. The fourth-order valence-corrected chi connectivity index (χ4v) is 2.87. The van der Waals surface area contributed by atoms with E-state index < -0.39 is 6.10 Å². The highest BCUT2D eigenvalue weighted by Gasteiger charge is 2.20. The molecule has 2 rings (SSSR count). The maximum absolute atomic E-state index is 12.7. The van der Waals surface area contributed by atoms with Crippen LogP contribution in [0.3, 0.4) is 0 Å². The second-order valence-electron chi connectivity index (χ2n) is 7.19. The Bertz CT molecular complexity index is 708. The molecule has 134 valence electrons. The fourth-order valence-electron chi connectivity index (χ4n) is 2.87. The molecule has 1 amide bonds. The van der Waals surface area contributed by atoms with Gasteiger partial charge in [0.15, 0.2) is 6.10 Å². The molecule has 0 heterocycles. The summed E-state index contributed by atoms with van der Waals surface area (Å²) < 4.78 is 5.82. The van der Waals surface area contributed by atoms with E-state index in [9.17, 15) is 4.79 Å². The predicted octanol–water partition coefficient (Wildman–Crippen LogP) is 5.65. The lowest BCUT2D eigenvalue weighted by atomic mass is 9.92. The van der Waals surface area contributed by atoms with E-state index in [1.807, 2.05) is 31.2 Å². The van der Waals surface area contributed by atoms with Crippen molar-refractivity contribution in [1.82, 2.24) is 0 Å². The highest BCUT2D eigenvalue weighted by molar-refractivity contribution is 5.95. The van der Waals surface area contributed by atoms with Gasteiger partial charge in [0.2, 0.25) is 0 Å². The van der Waals surface area contributed by atoms with E-state index in [1.165, 1.54) is 0 Å². The second kappa shape index (κ2) is 8.19. The standard InChI is InChI=1S/C22H29NO2/c1-14(2)19-11-8-12-20(15(3)4)21(19)23-22(24)17(6)25-18-10-7-9-16(5)13-18/h7-15,17H,1-6H3,(H,23,24)/t17-/m0/s1. The number of nitrogens with one attached hydrogen (secondary N) is 1. The van der Waals surface area contributed by atoms with Crippen LogP contribution in [-0.2, 0) is 4.79 Å². The molecule has 0 fully saturated rings. The lowest BCUT2D eigenvalue weighted by Crippen LogP contribution is -2.31. The molecule has 0 aliphatic heterocycles. The van der Waals surface area contributed by atoms with Gasteiger partial charge >= 0.3 is 0 Å². The van der Waals surface area contributed by atoms with Gasteiger partial charge in [-0.2, -0.15) is 0 Å². The van der Waals surface area contributed by atoms with E-state index in [0.717, 1.165) is 22.4 Å². The van der Waals surface area contributed by atoms with Gasteiger partial charge in [0.1, 0.15) is 5.75 Å². The molecule has 0 bridgehead atoms. The first-order valence-corrected chi connectivity index (χ1v) is 8.96. The van der Waals surface area contributed by atoms with E-state index in [4.69, 9.17) is 4.74 Å². The third-order valence-electron chi connectivity index (χ3n) is 4.29. The molecule has 0 saturated heterocycles. The summed E-state index contributed by atoms with van der Waals surface area (Å²) in [4.78, 5) is 12.7. The molecule has 0 aromatic heterocycles. The quantitative estimate of drug-likeness (QED) is 0.739. The van der Waals surface area contributed by atoms with Gasteiger partial charge in [-0.05, 0) is 54.5 Å². The Morgan fingerprint density at radius 2 is 1.48 bits per heavy atom. The second-order valence-corrected chi connectivity index (χ2v) is 7.19. The number of benzene rings is 2. The van der Waals surface area contributed by atoms with E-state index in [2.05, 4.69) is 51.2 Å². The minimum Gasteiger partial charge on any atom is -0.481 e. The maximum Gasteiger partial charge on any atom is 0.265 e.